The molecule has 0 aromatic heterocycles. The van der Waals surface area contributed by atoms with E-state index in [1.807, 2.05) is 0 Å². The van der Waals surface area contributed by atoms with Gasteiger partial charge in [-0.25, -0.2) is 0 Å². The topological polar surface area (TPSA) is 68.3 Å². The van der Waals surface area contributed by atoms with Gasteiger partial charge in [-0.15, -0.1) is 0 Å². The van der Waals surface area contributed by atoms with E-state index in [0.29, 0.717) is 45.2 Å². The smallest absolute Gasteiger partial charge is 0.242 e. The van der Waals surface area contributed by atoms with Crippen LogP contribution in [0.3, 0.4) is 0 Å². The number of amides is 2. The lowest BCUT2D eigenvalue weighted by atomic mass is 10.3. The molecule has 1 heterocycles. The maximum atomic E-state index is 12.2. The van der Waals surface area contributed by atoms with Crippen molar-refractivity contribution in [2.75, 3.05) is 53.1 Å². The maximum Gasteiger partial charge on any atom is 0.242 e. The van der Waals surface area contributed by atoms with Crippen molar-refractivity contribution in [2.24, 2.45) is 0 Å². The highest BCUT2D eigenvalue weighted by Crippen LogP contribution is 2.16. The van der Waals surface area contributed by atoms with E-state index in [0.717, 1.165) is 5.75 Å². The van der Waals surface area contributed by atoms with Crippen LogP contribution in [0.15, 0.2) is 24.3 Å². The molecule has 1 aromatic rings. The Morgan fingerprint density at radius 3 is 2.38 bits per heavy atom. The maximum absolute atomic E-state index is 12.2. The minimum atomic E-state index is -0.144. The van der Waals surface area contributed by atoms with Crippen LogP contribution >= 0.6 is 0 Å². The van der Waals surface area contributed by atoms with Gasteiger partial charge in [-0.1, -0.05) is 0 Å². The molecule has 0 unspecified atom stereocenters. The summed E-state index contributed by atoms with van der Waals surface area (Å²) < 4.78 is 15.9. The fourth-order valence-corrected chi connectivity index (χ4v) is 2.37. The van der Waals surface area contributed by atoms with Crippen LogP contribution < -0.4 is 9.47 Å². The number of methoxy groups -OCH3 is 1. The van der Waals surface area contributed by atoms with Crippen molar-refractivity contribution in [3.63, 3.8) is 0 Å². The predicted octanol–water partition coefficient (Wildman–Crippen LogP) is 0.781. The minimum absolute atomic E-state index is 0.0575. The molecule has 0 spiro atoms. The van der Waals surface area contributed by atoms with Crippen LogP contribution in [-0.4, -0.2) is 74.7 Å². The van der Waals surface area contributed by atoms with Gasteiger partial charge >= 0.3 is 0 Å². The molecule has 0 bridgehead atoms. The summed E-state index contributed by atoms with van der Waals surface area (Å²) in [4.78, 5) is 27.2. The first kappa shape index (κ1) is 18.1. The normalized spacial score (nSPS) is 14.2. The van der Waals surface area contributed by atoms with Crippen LogP contribution in [0.4, 0.5) is 0 Å². The van der Waals surface area contributed by atoms with Crippen LogP contribution in [0.2, 0.25) is 0 Å². The van der Waals surface area contributed by atoms with Crippen molar-refractivity contribution in [1.29, 1.82) is 0 Å². The quantitative estimate of drug-likeness (QED) is 0.736. The van der Waals surface area contributed by atoms with Crippen molar-refractivity contribution < 1.29 is 23.8 Å². The second kappa shape index (κ2) is 9.12. The standard InChI is InChI=1S/C17H24N2O5/c1-14(20)19(13-17(21)18-7-10-23-11-8-18)9-12-24-16-5-3-15(22-2)4-6-16/h3-6H,7-13H2,1-2H3. The average Bonchev–Trinajstić information content (AvgIpc) is 2.62. The Bertz CT molecular complexity index is 540. The highest BCUT2D eigenvalue weighted by Gasteiger charge is 2.20. The van der Waals surface area contributed by atoms with Gasteiger partial charge in [0, 0.05) is 20.0 Å². The summed E-state index contributed by atoms with van der Waals surface area (Å²) >= 11 is 0. The molecular formula is C17H24N2O5. The lowest BCUT2D eigenvalue weighted by Gasteiger charge is -2.29. The van der Waals surface area contributed by atoms with Gasteiger partial charge in [-0.05, 0) is 24.3 Å². The average molecular weight is 336 g/mol. The van der Waals surface area contributed by atoms with E-state index in [2.05, 4.69) is 0 Å². The largest absolute Gasteiger partial charge is 0.497 e. The Labute approximate surface area is 142 Å². The van der Waals surface area contributed by atoms with Gasteiger partial charge in [-0.3, -0.25) is 9.59 Å². The molecule has 0 radical (unpaired) electrons. The summed E-state index contributed by atoms with van der Waals surface area (Å²) in [5, 5.41) is 0. The molecule has 1 saturated heterocycles. The molecule has 24 heavy (non-hydrogen) atoms. The van der Waals surface area contributed by atoms with E-state index in [-0.39, 0.29) is 18.4 Å². The molecule has 1 aliphatic heterocycles. The Morgan fingerprint density at radius 2 is 1.79 bits per heavy atom. The zero-order valence-electron chi connectivity index (χ0n) is 14.2. The predicted molar refractivity (Wildman–Crippen MR) is 88.1 cm³/mol. The third-order valence-electron chi connectivity index (χ3n) is 3.82. The Balaban J connectivity index is 1.79. The Kier molecular flexibility index (Phi) is 6.87. The molecule has 2 rings (SSSR count). The molecule has 2 amide bonds. The van der Waals surface area contributed by atoms with Gasteiger partial charge < -0.3 is 24.0 Å². The van der Waals surface area contributed by atoms with E-state index >= 15 is 0 Å². The molecule has 7 heteroatoms. The molecule has 132 valence electrons. The third-order valence-corrected chi connectivity index (χ3v) is 3.82. The monoisotopic (exact) mass is 336 g/mol. The fourth-order valence-electron chi connectivity index (χ4n) is 2.37. The molecular weight excluding hydrogens is 312 g/mol. The van der Waals surface area contributed by atoms with Crippen molar-refractivity contribution in [1.82, 2.24) is 9.80 Å². The van der Waals surface area contributed by atoms with Gasteiger partial charge in [0.1, 0.15) is 18.1 Å². The summed E-state index contributed by atoms with van der Waals surface area (Å²) in [5.74, 6) is 1.25. The van der Waals surface area contributed by atoms with Crippen LogP contribution in [0.5, 0.6) is 11.5 Å². The lowest BCUT2D eigenvalue weighted by Crippen LogP contribution is -2.47. The number of hydrogen-bond donors (Lipinski definition) is 0. The second-order valence-corrected chi connectivity index (χ2v) is 5.46. The Morgan fingerprint density at radius 1 is 1.17 bits per heavy atom. The number of nitrogens with zero attached hydrogens (tertiary/aromatic N) is 2. The number of morpholine rings is 1. The SMILES string of the molecule is COc1ccc(OCCN(CC(=O)N2CCOCC2)C(C)=O)cc1. The Hall–Kier alpha value is -2.28. The van der Waals surface area contributed by atoms with E-state index in [9.17, 15) is 9.59 Å². The number of benzene rings is 1. The van der Waals surface area contributed by atoms with Crippen LogP contribution in [0.1, 0.15) is 6.92 Å². The van der Waals surface area contributed by atoms with Crippen LogP contribution in [0, 0.1) is 0 Å². The molecule has 1 fully saturated rings. The molecule has 0 aliphatic carbocycles. The van der Waals surface area contributed by atoms with E-state index in [1.54, 1.807) is 36.3 Å². The zero-order valence-corrected chi connectivity index (χ0v) is 14.2. The van der Waals surface area contributed by atoms with Gasteiger partial charge in [0.05, 0.1) is 33.4 Å². The van der Waals surface area contributed by atoms with Crippen LogP contribution in [0.25, 0.3) is 0 Å². The molecule has 0 saturated carbocycles. The summed E-state index contributed by atoms with van der Waals surface area (Å²) in [5.41, 5.74) is 0. The van der Waals surface area contributed by atoms with E-state index < -0.39 is 0 Å². The van der Waals surface area contributed by atoms with Crippen molar-refractivity contribution in [3.05, 3.63) is 24.3 Å². The van der Waals surface area contributed by atoms with E-state index in [1.165, 1.54) is 11.8 Å². The summed E-state index contributed by atoms with van der Waals surface area (Å²) in [6.07, 6.45) is 0. The number of ether oxygens (including phenoxy) is 3. The zero-order chi connectivity index (χ0) is 17.4. The molecule has 7 nitrogen and oxygen atoms in total. The van der Waals surface area contributed by atoms with Gasteiger partial charge in [0.25, 0.3) is 0 Å². The number of carbonyl (C=O) groups excluding carboxylic acids is 2. The number of rotatable bonds is 7. The summed E-state index contributed by atoms with van der Waals surface area (Å²) in [7, 11) is 1.60. The number of carbonyl (C=O) groups is 2. The van der Waals surface area contributed by atoms with Gasteiger partial charge in [0.2, 0.25) is 11.8 Å². The summed E-state index contributed by atoms with van der Waals surface area (Å²) in [6.45, 7) is 4.46. The van der Waals surface area contributed by atoms with Gasteiger partial charge in [-0.2, -0.15) is 0 Å². The first-order chi connectivity index (χ1) is 11.6. The highest BCUT2D eigenvalue weighted by molar-refractivity contribution is 5.83. The van der Waals surface area contributed by atoms with Crippen molar-refractivity contribution >= 4 is 11.8 Å². The molecule has 0 N–H and O–H groups in total. The van der Waals surface area contributed by atoms with Gasteiger partial charge in [0.15, 0.2) is 0 Å². The molecule has 1 aromatic carbocycles. The molecule has 1 aliphatic rings. The fraction of sp³-hybridized carbons (Fsp3) is 0.529. The highest BCUT2D eigenvalue weighted by atomic mass is 16.5. The third kappa shape index (κ3) is 5.42. The minimum Gasteiger partial charge on any atom is -0.497 e. The summed E-state index contributed by atoms with van der Waals surface area (Å²) in [6, 6.07) is 7.21. The first-order valence-electron chi connectivity index (χ1n) is 7.98. The number of hydrogen-bond acceptors (Lipinski definition) is 5. The van der Waals surface area contributed by atoms with Crippen molar-refractivity contribution in [2.45, 2.75) is 6.92 Å². The van der Waals surface area contributed by atoms with E-state index in [4.69, 9.17) is 14.2 Å². The first-order valence-corrected chi connectivity index (χ1v) is 7.98. The lowest BCUT2D eigenvalue weighted by molar-refractivity contribution is -0.142. The van der Waals surface area contributed by atoms with Crippen LogP contribution in [-0.2, 0) is 14.3 Å². The molecule has 0 atom stereocenters. The van der Waals surface area contributed by atoms with Crippen molar-refractivity contribution in [3.8, 4) is 11.5 Å². The second-order valence-electron chi connectivity index (χ2n) is 5.46.